The topological polar surface area (TPSA) is 95.9 Å². The Labute approximate surface area is 148 Å². The number of esters is 1. The van der Waals surface area contributed by atoms with Crippen LogP contribution in [-0.4, -0.2) is 37.7 Å². The van der Waals surface area contributed by atoms with E-state index in [-0.39, 0.29) is 12.4 Å². The van der Waals surface area contributed by atoms with Crippen molar-refractivity contribution in [2.75, 3.05) is 6.61 Å². The standard InChI is InChI=1S/C18H15N5O3/c1-2-25-18(24)17-9-14(21-26-17)10-23-11-16(20-22-23)13-5-6-15-12(8-13)4-3-7-19-15/h3-9,11H,2,10H2,1H3. The molecule has 1 aromatic carbocycles. The number of carbonyl (C=O) groups is 1. The summed E-state index contributed by atoms with van der Waals surface area (Å²) in [5.74, 6) is -0.459. The Balaban J connectivity index is 1.53. The van der Waals surface area contributed by atoms with E-state index in [0.29, 0.717) is 12.2 Å². The fraction of sp³-hybridized carbons (Fsp3) is 0.167. The molecular weight excluding hydrogens is 334 g/mol. The number of fused-ring (bicyclic) bond motifs is 1. The van der Waals surface area contributed by atoms with Gasteiger partial charge in [0, 0.05) is 23.2 Å². The van der Waals surface area contributed by atoms with Gasteiger partial charge in [0.15, 0.2) is 0 Å². The first-order valence-electron chi connectivity index (χ1n) is 8.11. The molecule has 3 aromatic heterocycles. The molecule has 26 heavy (non-hydrogen) atoms. The van der Waals surface area contributed by atoms with Crippen LogP contribution in [0.2, 0.25) is 0 Å². The largest absolute Gasteiger partial charge is 0.460 e. The molecule has 4 aromatic rings. The van der Waals surface area contributed by atoms with Crippen molar-refractivity contribution in [3.8, 4) is 11.3 Å². The molecule has 8 heteroatoms. The highest BCUT2D eigenvalue weighted by atomic mass is 16.6. The van der Waals surface area contributed by atoms with Crippen molar-refractivity contribution in [1.82, 2.24) is 25.1 Å². The van der Waals surface area contributed by atoms with Gasteiger partial charge in [-0.1, -0.05) is 22.5 Å². The highest BCUT2D eigenvalue weighted by molar-refractivity contribution is 5.86. The van der Waals surface area contributed by atoms with Crippen LogP contribution in [0.5, 0.6) is 0 Å². The van der Waals surface area contributed by atoms with Crippen molar-refractivity contribution < 1.29 is 14.1 Å². The van der Waals surface area contributed by atoms with Crippen LogP contribution >= 0.6 is 0 Å². The van der Waals surface area contributed by atoms with E-state index in [1.165, 1.54) is 0 Å². The van der Waals surface area contributed by atoms with Crippen molar-refractivity contribution in [3.05, 3.63) is 60.2 Å². The second-order valence-corrected chi connectivity index (χ2v) is 5.62. The minimum Gasteiger partial charge on any atom is -0.460 e. The predicted octanol–water partition coefficient (Wildman–Crippen LogP) is 2.71. The van der Waals surface area contributed by atoms with Crippen LogP contribution in [0.15, 0.2) is 53.3 Å². The van der Waals surface area contributed by atoms with E-state index in [9.17, 15) is 4.79 Å². The highest BCUT2D eigenvalue weighted by Crippen LogP contribution is 2.21. The molecule has 0 saturated carbocycles. The SMILES string of the molecule is CCOC(=O)c1cc(Cn2cc(-c3ccc4ncccc4c3)nn2)no1. The van der Waals surface area contributed by atoms with Gasteiger partial charge in [0.2, 0.25) is 5.76 Å². The van der Waals surface area contributed by atoms with Gasteiger partial charge >= 0.3 is 5.97 Å². The number of carbonyl (C=O) groups excluding carboxylic acids is 1. The van der Waals surface area contributed by atoms with Crippen molar-refractivity contribution in [2.24, 2.45) is 0 Å². The van der Waals surface area contributed by atoms with Crippen LogP contribution in [0, 0.1) is 0 Å². The van der Waals surface area contributed by atoms with Crippen LogP contribution < -0.4 is 0 Å². The van der Waals surface area contributed by atoms with Gasteiger partial charge in [-0.3, -0.25) is 4.98 Å². The van der Waals surface area contributed by atoms with E-state index in [0.717, 1.165) is 22.2 Å². The first-order chi connectivity index (χ1) is 12.7. The lowest BCUT2D eigenvalue weighted by molar-refractivity contribution is 0.0479. The third-order valence-electron chi connectivity index (χ3n) is 3.80. The quantitative estimate of drug-likeness (QED) is 0.511. The third kappa shape index (κ3) is 3.16. The second kappa shape index (κ2) is 6.75. The summed E-state index contributed by atoms with van der Waals surface area (Å²) < 4.78 is 11.5. The van der Waals surface area contributed by atoms with E-state index in [1.807, 2.05) is 36.5 Å². The average Bonchev–Trinajstić information content (AvgIpc) is 3.32. The summed E-state index contributed by atoms with van der Waals surface area (Å²) in [6.45, 7) is 2.35. The van der Waals surface area contributed by atoms with E-state index < -0.39 is 5.97 Å². The minimum atomic E-state index is -0.532. The van der Waals surface area contributed by atoms with Crippen LogP contribution in [0.3, 0.4) is 0 Å². The second-order valence-electron chi connectivity index (χ2n) is 5.62. The average molecular weight is 349 g/mol. The molecule has 3 heterocycles. The molecule has 0 fully saturated rings. The number of benzene rings is 1. The number of ether oxygens (including phenoxy) is 1. The molecule has 8 nitrogen and oxygen atoms in total. The molecule has 0 bridgehead atoms. The number of hydrogen-bond acceptors (Lipinski definition) is 7. The van der Waals surface area contributed by atoms with Crippen molar-refractivity contribution in [1.29, 1.82) is 0 Å². The zero-order valence-corrected chi connectivity index (χ0v) is 14.0. The predicted molar refractivity (Wildman–Crippen MR) is 92.3 cm³/mol. The lowest BCUT2D eigenvalue weighted by Gasteiger charge is -1.99. The molecule has 130 valence electrons. The Bertz CT molecular complexity index is 1070. The maximum Gasteiger partial charge on any atom is 0.377 e. The lowest BCUT2D eigenvalue weighted by atomic mass is 10.1. The number of rotatable bonds is 5. The van der Waals surface area contributed by atoms with Crippen LogP contribution in [0.4, 0.5) is 0 Å². The molecular formula is C18H15N5O3. The Morgan fingerprint density at radius 2 is 2.19 bits per heavy atom. The maximum atomic E-state index is 11.6. The number of hydrogen-bond donors (Lipinski definition) is 0. The summed E-state index contributed by atoms with van der Waals surface area (Å²) in [5, 5.41) is 13.2. The number of pyridine rings is 1. The van der Waals surface area contributed by atoms with Gasteiger partial charge in [-0.05, 0) is 25.1 Å². The minimum absolute atomic E-state index is 0.0733. The van der Waals surface area contributed by atoms with Crippen molar-refractivity contribution in [2.45, 2.75) is 13.5 Å². The Kier molecular flexibility index (Phi) is 4.14. The van der Waals surface area contributed by atoms with Gasteiger partial charge in [0.25, 0.3) is 0 Å². The Morgan fingerprint density at radius 1 is 1.27 bits per heavy atom. The molecule has 0 N–H and O–H groups in total. The van der Waals surface area contributed by atoms with Gasteiger partial charge in [0.05, 0.1) is 24.9 Å². The molecule has 0 aliphatic carbocycles. The molecule has 0 atom stereocenters. The first kappa shape index (κ1) is 15.9. The normalized spacial score (nSPS) is 11.0. The summed E-state index contributed by atoms with van der Waals surface area (Å²) in [6.07, 6.45) is 3.58. The van der Waals surface area contributed by atoms with Gasteiger partial charge < -0.3 is 9.26 Å². The Hall–Kier alpha value is -3.55. The van der Waals surface area contributed by atoms with Crippen molar-refractivity contribution in [3.63, 3.8) is 0 Å². The molecule has 0 radical (unpaired) electrons. The van der Waals surface area contributed by atoms with Gasteiger partial charge in [-0.25, -0.2) is 9.48 Å². The monoisotopic (exact) mass is 349 g/mol. The lowest BCUT2D eigenvalue weighted by Crippen LogP contribution is -2.03. The summed E-state index contributed by atoms with van der Waals surface area (Å²) in [4.78, 5) is 15.9. The molecule has 0 unspecified atom stereocenters. The number of nitrogens with zero attached hydrogens (tertiary/aromatic N) is 5. The van der Waals surface area contributed by atoms with Gasteiger partial charge in [0.1, 0.15) is 11.4 Å². The van der Waals surface area contributed by atoms with E-state index >= 15 is 0 Å². The zero-order chi connectivity index (χ0) is 17.9. The van der Waals surface area contributed by atoms with Gasteiger partial charge in [-0.15, -0.1) is 5.10 Å². The Morgan fingerprint density at radius 3 is 3.08 bits per heavy atom. The molecule has 0 saturated heterocycles. The zero-order valence-electron chi connectivity index (χ0n) is 14.0. The van der Waals surface area contributed by atoms with Crippen molar-refractivity contribution >= 4 is 16.9 Å². The summed E-state index contributed by atoms with van der Waals surface area (Å²) in [7, 11) is 0. The van der Waals surface area contributed by atoms with Gasteiger partial charge in [-0.2, -0.15) is 0 Å². The maximum absolute atomic E-state index is 11.6. The third-order valence-corrected chi connectivity index (χ3v) is 3.80. The number of aromatic nitrogens is 5. The van der Waals surface area contributed by atoms with E-state index in [4.69, 9.17) is 9.26 Å². The molecule has 0 amide bonds. The highest BCUT2D eigenvalue weighted by Gasteiger charge is 2.15. The fourth-order valence-corrected chi connectivity index (χ4v) is 2.59. The fourth-order valence-electron chi connectivity index (χ4n) is 2.59. The summed E-state index contributed by atoms with van der Waals surface area (Å²) in [5.41, 5.74) is 3.18. The molecule has 0 aliphatic heterocycles. The van der Waals surface area contributed by atoms with E-state index in [2.05, 4.69) is 20.5 Å². The first-order valence-corrected chi connectivity index (χ1v) is 8.11. The van der Waals surface area contributed by atoms with Crippen LogP contribution in [0.25, 0.3) is 22.2 Å². The van der Waals surface area contributed by atoms with E-state index in [1.54, 1.807) is 23.9 Å². The molecule has 4 rings (SSSR count). The molecule has 0 spiro atoms. The van der Waals surface area contributed by atoms with Crippen LogP contribution in [-0.2, 0) is 11.3 Å². The summed E-state index contributed by atoms with van der Waals surface area (Å²) in [6, 6.07) is 11.4. The molecule has 0 aliphatic rings. The van der Waals surface area contributed by atoms with Crippen LogP contribution in [0.1, 0.15) is 23.2 Å². The summed E-state index contributed by atoms with van der Waals surface area (Å²) >= 11 is 0. The smallest absolute Gasteiger partial charge is 0.377 e.